The summed E-state index contributed by atoms with van der Waals surface area (Å²) in [6, 6.07) is 8.71. The molecule has 10 heteroatoms. The molecular weight excluding hydrogens is 470 g/mol. The van der Waals surface area contributed by atoms with Gasteiger partial charge < -0.3 is 20.1 Å². The molecule has 0 saturated carbocycles. The quantitative estimate of drug-likeness (QED) is 0.610. The highest BCUT2D eigenvalue weighted by Crippen LogP contribution is 2.29. The number of halogens is 1. The average Bonchev–Trinajstić information content (AvgIpc) is 2.84. The van der Waals surface area contributed by atoms with Crippen molar-refractivity contribution in [3.8, 4) is 11.4 Å². The van der Waals surface area contributed by atoms with Crippen LogP contribution in [0.3, 0.4) is 0 Å². The molecule has 2 saturated heterocycles. The molecule has 3 heterocycles. The summed E-state index contributed by atoms with van der Waals surface area (Å²) in [4.78, 5) is 36.9. The van der Waals surface area contributed by atoms with E-state index in [4.69, 9.17) is 21.1 Å². The van der Waals surface area contributed by atoms with Crippen molar-refractivity contribution in [1.82, 2.24) is 20.6 Å². The zero-order valence-electron chi connectivity index (χ0n) is 20.3. The Hall–Kier alpha value is -2.59. The minimum absolute atomic E-state index is 0.231. The summed E-state index contributed by atoms with van der Waals surface area (Å²) >= 11 is 6.32. The van der Waals surface area contributed by atoms with Gasteiger partial charge in [-0.2, -0.15) is 0 Å². The van der Waals surface area contributed by atoms with Gasteiger partial charge in [-0.3, -0.25) is 4.79 Å². The van der Waals surface area contributed by atoms with Gasteiger partial charge in [0.25, 0.3) is 0 Å². The predicted octanol–water partition coefficient (Wildman–Crippen LogP) is 3.73. The van der Waals surface area contributed by atoms with E-state index in [-0.39, 0.29) is 17.9 Å². The number of benzene rings is 1. The molecule has 9 nitrogen and oxygen atoms in total. The molecule has 4 rings (SSSR count). The van der Waals surface area contributed by atoms with Gasteiger partial charge >= 0.3 is 6.09 Å². The van der Waals surface area contributed by atoms with Crippen LogP contribution in [0.5, 0.6) is 0 Å². The highest BCUT2D eigenvalue weighted by molar-refractivity contribution is 6.29. The summed E-state index contributed by atoms with van der Waals surface area (Å²) in [6.45, 7) is 8.79. The lowest BCUT2D eigenvalue weighted by Crippen LogP contribution is -2.46. The van der Waals surface area contributed by atoms with E-state index in [0.29, 0.717) is 53.9 Å². The molecule has 0 spiro atoms. The van der Waals surface area contributed by atoms with Gasteiger partial charge in [0.1, 0.15) is 16.9 Å². The molecule has 0 radical (unpaired) electrons. The predicted molar refractivity (Wildman–Crippen MR) is 133 cm³/mol. The third-order valence-corrected chi connectivity index (χ3v) is 6.01. The number of anilines is 1. The number of carbonyl (C=O) groups excluding carboxylic acids is 2. The van der Waals surface area contributed by atoms with E-state index in [9.17, 15) is 9.59 Å². The summed E-state index contributed by atoms with van der Waals surface area (Å²) in [5.74, 6) is -0.147. The van der Waals surface area contributed by atoms with Crippen LogP contribution >= 0.6 is 11.6 Å². The Kier molecular flexibility index (Phi) is 8.01. The Bertz CT molecular complexity index is 1060. The first kappa shape index (κ1) is 25.5. The smallest absolute Gasteiger partial charge is 0.421 e. The molecular formula is C25H32ClN5O4. The summed E-state index contributed by atoms with van der Waals surface area (Å²) < 4.78 is 11.4. The Balaban J connectivity index is 1.68. The number of hydrogen-bond donors (Lipinski definition) is 2. The molecule has 2 amide bonds. The van der Waals surface area contributed by atoms with Crippen LogP contribution in [0.1, 0.15) is 45.4 Å². The lowest BCUT2D eigenvalue weighted by molar-refractivity contribution is -0.122. The van der Waals surface area contributed by atoms with Crippen LogP contribution in [0.2, 0.25) is 5.15 Å². The largest absolute Gasteiger partial charge is 0.443 e. The standard InChI is InChI=1S/C25H32ClN5O4/c1-25(2,3)35-24(33)31(23(32)16-7-9-27-10-8-16)18-6-4-5-17(13-18)22-29-19(14-21(26)30-22)20-15-28-11-12-34-20/h4-6,13-14,16,20,27-28H,7-12,15H2,1-3H3. The molecule has 0 bridgehead atoms. The Morgan fingerprint density at radius 3 is 2.57 bits per heavy atom. The molecule has 2 aliphatic heterocycles. The van der Waals surface area contributed by atoms with E-state index in [1.807, 2.05) is 6.07 Å². The van der Waals surface area contributed by atoms with Crippen LogP contribution in [0.15, 0.2) is 30.3 Å². The lowest BCUT2D eigenvalue weighted by Gasteiger charge is -2.30. The van der Waals surface area contributed by atoms with E-state index in [2.05, 4.69) is 20.6 Å². The van der Waals surface area contributed by atoms with Crippen molar-refractivity contribution in [3.63, 3.8) is 0 Å². The lowest BCUT2D eigenvalue weighted by atomic mass is 9.96. The third-order valence-electron chi connectivity index (χ3n) is 5.82. The number of carbonyl (C=O) groups is 2. The molecule has 1 aromatic carbocycles. The van der Waals surface area contributed by atoms with Crippen LogP contribution in [0.4, 0.5) is 10.5 Å². The zero-order chi connectivity index (χ0) is 25.0. The number of aromatic nitrogens is 2. The summed E-state index contributed by atoms with van der Waals surface area (Å²) in [5, 5.41) is 6.83. The number of ether oxygens (including phenoxy) is 2. The van der Waals surface area contributed by atoms with Gasteiger partial charge in [-0.25, -0.2) is 19.7 Å². The summed E-state index contributed by atoms with van der Waals surface area (Å²) in [5.41, 5.74) is 0.954. The molecule has 2 aromatic rings. The van der Waals surface area contributed by atoms with Gasteiger partial charge in [-0.15, -0.1) is 0 Å². The number of morpholine rings is 1. The van der Waals surface area contributed by atoms with Crippen molar-refractivity contribution in [2.45, 2.75) is 45.3 Å². The van der Waals surface area contributed by atoms with E-state index >= 15 is 0 Å². The van der Waals surface area contributed by atoms with Crippen LogP contribution in [0, 0.1) is 5.92 Å². The van der Waals surface area contributed by atoms with Gasteiger partial charge in [0.15, 0.2) is 5.82 Å². The van der Waals surface area contributed by atoms with E-state index in [0.717, 1.165) is 24.5 Å². The Labute approximate surface area is 210 Å². The highest BCUT2D eigenvalue weighted by Gasteiger charge is 2.34. The molecule has 1 aromatic heterocycles. The maximum Gasteiger partial charge on any atom is 0.421 e. The number of piperidine rings is 1. The molecule has 2 aliphatic rings. The van der Waals surface area contributed by atoms with Gasteiger partial charge in [0.2, 0.25) is 5.91 Å². The SMILES string of the molecule is CC(C)(C)OC(=O)N(C(=O)C1CCNCC1)c1cccc(-c2nc(Cl)cc(C3CNCCO3)n2)c1. The first-order chi connectivity index (χ1) is 16.7. The number of imide groups is 1. The first-order valence-corrected chi connectivity index (χ1v) is 12.3. The van der Waals surface area contributed by atoms with Crippen LogP contribution < -0.4 is 15.5 Å². The van der Waals surface area contributed by atoms with E-state index in [1.54, 1.807) is 45.0 Å². The topological polar surface area (TPSA) is 106 Å². The maximum absolute atomic E-state index is 13.5. The van der Waals surface area contributed by atoms with Crippen molar-refractivity contribution in [3.05, 3.63) is 41.2 Å². The van der Waals surface area contributed by atoms with Gasteiger partial charge in [0.05, 0.1) is 18.0 Å². The van der Waals surface area contributed by atoms with Crippen molar-refractivity contribution < 1.29 is 19.1 Å². The zero-order valence-corrected chi connectivity index (χ0v) is 21.1. The van der Waals surface area contributed by atoms with Gasteiger partial charge in [-0.1, -0.05) is 23.7 Å². The monoisotopic (exact) mass is 501 g/mol. The minimum atomic E-state index is -0.750. The van der Waals surface area contributed by atoms with Crippen molar-refractivity contribution in [2.75, 3.05) is 37.7 Å². The van der Waals surface area contributed by atoms with Crippen LogP contribution in [0.25, 0.3) is 11.4 Å². The molecule has 188 valence electrons. The normalized spacial score (nSPS) is 19.3. The van der Waals surface area contributed by atoms with Crippen LogP contribution in [-0.4, -0.2) is 60.4 Å². The van der Waals surface area contributed by atoms with E-state index in [1.165, 1.54) is 0 Å². The average molecular weight is 502 g/mol. The van der Waals surface area contributed by atoms with Crippen molar-refractivity contribution >= 4 is 29.3 Å². The van der Waals surface area contributed by atoms with Crippen molar-refractivity contribution in [1.29, 1.82) is 0 Å². The highest BCUT2D eigenvalue weighted by atomic mass is 35.5. The fourth-order valence-corrected chi connectivity index (χ4v) is 4.34. The minimum Gasteiger partial charge on any atom is -0.443 e. The number of nitrogens with one attached hydrogen (secondary N) is 2. The second-order valence-electron chi connectivity index (χ2n) is 9.73. The first-order valence-electron chi connectivity index (χ1n) is 12.0. The molecule has 1 atom stereocenters. The van der Waals surface area contributed by atoms with Crippen LogP contribution in [-0.2, 0) is 14.3 Å². The van der Waals surface area contributed by atoms with Crippen molar-refractivity contribution in [2.24, 2.45) is 5.92 Å². The molecule has 1 unspecified atom stereocenters. The second kappa shape index (κ2) is 11.0. The number of nitrogens with zero attached hydrogens (tertiary/aromatic N) is 3. The Morgan fingerprint density at radius 1 is 1.11 bits per heavy atom. The number of hydrogen-bond acceptors (Lipinski definition) is 8. The molecule has 35 heavy (non-hydrogen) atoms. The van der Waals surface area contributed by atoms with Gasteiger partial charge in [0, 0.05) is 24.6 Å². The Morgan fingerprint density at radius 2 is 1.89 bits per heavy atom. The maximum atomic E-state index is 13.5. The fourth-order valence-electron chi connectivity index (χ4n) is 4.15. The number of rotatable bonds is 4. The summed E-state index contributed by atoms with van der Waals surface area (Å²) in [7, 11) is 0. The molecule has 0 aliphatic carbocycles. The summed E-state index contributed by atoms with van der Waals surface area (Å²) in [6.07, 6.45) is 0.390. The second-order valence-corrected chi connectivity index (χ2v) is 10.1. The molecule has 2 fully saturated rings. The molecule has 2 N–H and O–H groups in total. The third kappa shape index (κ3) is 6.55. The van der Waals surface area contributed by atoms with E-state index < -0.39 is 11.7 Å². The van der Waals surface area contributed by atoms with Gasteiger partial charge in [-0.05, 0) is 64.9 Å². The number of amides is 2. The fraction of sp³-hybridized carbons (Fsp3) is 0.520.